The summed E-state index contributed by atoms with van der Waals surface area (Å²) in [5.74, 6) is 0.863. The van der Waals surface area contributed by atoms with Gasteiger partial charge in [-0.05, 0) is 19.4 Å². The Labute approximate surface area is 136 Å². The van der Waals surface area contributed by atoms with E-state index in [1.165, 1.54) is 5.56 Å². The number of aliphatic hydroxyl groups is 1. The third-order valence-corrected chi connectivity index (χ3v) is 4.32. The summed E-state index contributed by atoms with van der Waals surface area (Å²) in [5, 5.41) is 18.6. The summed E-state index contributed by atoms with van der Waals surface area (Å²) in [6.45, 7) is 7.72. The van der Waals surface area contributed by atoms with Crippen molar-refractivity contribution in [3.63, 3.8) is 0 Å². The lowest BCUT2D eigenvalue weighted by molar-refractivity contribution is -0.0476. The molecule has 0 radical (unpaired) electrons. The summed E-state index contributed by atoms with van der Waals surface area (Å²) >= 11 is 0. The van der Waals surface area contributed by atoms with Gasteiger partial charge in [0.05, 0.1) is 12.7 Å². The Morgan fingerprint density at radius 2 is 2.13 bits per heavy atom. The number of aliphatic hydroxyl groups excluding tert-OH is 1. The van der Waals surface area contributed by atoms with E-state index in [0.717, 1.165) is 31.0 Å². The third kappa shape index (κ3) is 3.77. The summed E-state index contributed by atoms with van der Waals surface area (Å²) in [6.07, 6.45) is 1.16. The Hall–Kier alpha value is -1.76. The first-order valence-electron chi connectivity index (χ1n) is 8.13. The number of hydrogen-bond acceptors (Lipinski definition) is 5. The second-order valence-corrected chi connectivity index (χ2v) is 6.02. The molecule has 1 aromatic carbocycles. The zero-order valence-corrected chi connectivity index (χ0v) is 13.7. The van der Waals surface area contributed by atoms with Gasteiger partial charge >= 0.3 is 0 Å². The number of nitrogens with zero attached hydrogens (tertiary/aromatic N) is 4. The number of morpholine rings is 1. The van der Waals surface area contributed by atoms with E-state index in [1.54, 1.807) is 6.33 Å². The largest absolute Gasteiger partial charge is 0.387 e. The average molecular weight is 316 g/mol. The highest BCUT2D eigenvalue weighted by Crippen LogP contribution is 2.23. The van der Waals surface area contributed by atoms with E-state index >= 15 is 0 Å². The van der Waals surface area contributed by atoms with E-state index in [9.17, 15) is 5.11 Å². The minimum atomic E-state index is -0.488. The smallest absolute Gasteiger partial charge is 0.163 e. The Bertz CT molecular complexity index is 626. The third-order valence-electron chi connectivity index (χ3n) is 4.32. The van der Waals surface area contributed by atoms with Crippen molar-refractivity contribution in [1.82, 2.24) is 19.7 Å². The first-order valence-corrected chi connectivity index (χ1v) is 8.13. The number of aromatic nitrogens is 3. The van der Waals surface area contributed by atoms with Gasteiger partial charge in [-0.15, -0.1) is 10.2 Å². The molecule has 1 aliphatic rings. The van der Waals surface area contributed by atoms with E-state index in [2.05, 4.69) is 22.0 Å². The molecule has 0 bridgehead atoms. The molecule has 124 valence electrons. The lowest BCUT2D eigenvalue weighted by atomic mass is 10.1. The molecule has 2 aromatic rings. The molecule has 0 amide bonds. The molecule has 2 heterocycles. The Balaban J connectivity index is 1.63. The summed E-state index contributed by atoms with van der Waals surface area (Å²) in [6, 6.07) is 8.05. The van der Waals surface area contributed by atoms with E-state index in [0.29, 0.717) is 13.2 Å². The molecule has 1 aromatic heterocycles. The van der Waals surface area contributed by atoms with Gasteiger partial charge in [-0.25, -0.2) is 0 Å². The zero-order valence-electron chi connectivity index (χ0n) is 13.7. The van der Waals surface area contributed by atoms with E-state index in [1.807, 2.05) is 35.8 Å². The van der Waals surface area contributed by atoms with Crippen LogP contribution in [0.3, 0.4) is 0 Å². The predicted octanol–water partition coefficient (Wildman–Crippen LogP) is 1.71. The van der Waals surface area contributed by atoms with E-state index < -0.39 is 6.10 Å². The van der Waals surface area contributed by atoms with Crippen LogP contribution in [0.1, 0.15) is 36.1 Å². The summed E-state index contributed by atoms with van der Waals surface area (Å²) < 4.78 is 7.86. The van der Waals surface area contributed by atoms with E-state index in [4.69, 9.17) is 4.74 Å². The lowest BCUT2D eigenvalue weighted by Gasteiger charge is -2.33. The van der Waals surface area contributed by atoms with Crippen LogP contribution < -0.4 is 0 Å². The van der Waals surface area contributed by atoms with Gasteiger partial charge in [-0.1, -0.05) is 29.8 Å². The lowest BCUT2D eigenvalue weighted by Crippen LogP contribution is -2.41. The van der Waals surface area contributed by atoms with Crippen molar-refractivity contribution in [1.29, 1.82) is 0 Å². The van der Waals surface area contributed by atoms with Crippen LogP contribution in [0.4, 0.5) is 0 Å². The van der Waals surface area contributed by atoms with Crippen LogP contribution in [-0.4, -0.2) is 51.0 Å². The maximum Gasteiger partial charge on any atom is 0.163 e. The maximum atomic E-state index is 10.5. The number of aryl methyl sites for hydroxylation is 2. The summed E-state index contributed by atoms with van der Waals surface area (Å²) in [7, 11) is 0. The van der Waals surface area contributed by atoms with Crippen LogP contribution in [0, 0.1) is 6.92 Å². The number of β-amino-alcohol motifs (C(OH)–C–C–N with tert-alkyl or cyclic N) is 1. The molecule has 0 spiro atoms. The Morgan fingerprint density at radius 1 is 1.35 bits per heavy atom. The minimum Gasteiger partial charge on any atom is -0.387 e. The van der Waals surface area contributed by atoms with Crippen LogP contribution in [0.25, 0.3) is 0 Å². The van der Waals surface area contributed by atoms with Gasteiger partial charge in [-0.2, -0.15) is 0 Å². The molecule has 1 aliphatic heterocycles. The fourth-order valence-corrected chi connectivity index (χ4v) is 2.92. The van der Waals surface area contributed by atoms with Gasteiger partial charge in [-0.3, -0.25) is 4.90 Å². The molecule has 2 atom stereocenters. The number of ether oxygens (including phenoxy) is 1. The summed E-state index contributed by atoms with van der Waals surface area (Å²) in [4.78, 5) is 2.23. The number of benzene rings is 1. The molecular formula is C17H24N4O2. The highest BCUT2D eigenvalue weighted by atomic mass is 16.5. The molecule has 0 aliphatic carbocycles. The molecular weight excluding hydrogens is 292 g/mol. The number of hydrogen-bond donors (Lipinski definition) is 1. The van der Waals surface area contributed by atoms with Crippen molar-refractivity contribution in [2.45, 2.75) is 32.6 Å². The highest BCUT2D eigenvalue weighted by Gasteiger charge is 2.27. The van der Waals surface area contributed by atoms with E-state index in [-0.39, 0.29) is 6.10 Å². The quantitative estimate of drug-likeness (QED) is 0.910. The van der Waals surface area contributed by atoms with Crippen LogP contribution in [0.2, 0.25) is 0 Å². The van der Waals surface area contributed by atoms with Crippen molar-refractivity contribution in [2.75, 3.05) is 26.2 Å². The average Bonchev–Trinajstić information content (AvgIpc) is 3.04. The van der Waals surface area contributed by atoms with Gasteiger partial charge in [0.15, 0.2) is 5.82 Å². The topological polar surface area (TPSA) is 63.4 Å². The SMILES string of the molecule is CCn1cnnc1[C@H]1CN(C[C@H](O)c2ccc(C)cc2)CCO1. The standard InChI is InChI=1S/C17H24N4O2/c1-3-21-12-18-19-17(21)16-11-20(8-9-23-16)10-15(22)14-6-4-13(2)5-7-14/h4-7,12,15-16,22H,3,8-11H2,1-2H3/t15-,16+/m0/s1. The maximum absolute atomic E-state index is 10.5. The van der Waals surface area contributed by atoms with Gasteiger partial charge < -0.3 is 14.4 Å². The predicted molar refractivity (Wildman–Crippen MR) is 87.0 cm³/mol. The molecule has 1 N–H and O–H groups in total. The number of rotatable bonds is 5. The van der Waals surface area contributed by atoms with Crippen molar-refractivity contribution in [2.24, 2.45) is 0 Å². The van der Waals surface area contributed by atoms with Crippen LogP contribution in [0.5, 0.6) is 0 Å². The fourth-order valence-electron chi connectivity index (χ4n) is 2.92. The molecule has 0 unspecified atom stereocenters. The van der Waals surface area contributed by atoms with Crippen molar-refractivity contribution >= 4 is 0 Å². The first-order chi connectivity index (χ1) is 11.2. The molecule has 1 saturated heterocycles. The Kier molecular flexibility index (Phi) is 5.05. The van der Waals surface area contributed by atoms with Crippen LogP contribution in [0.15, 0.2) is 30.6 Å². The molecule has 3 rings (SSSR count). The normalized spacial score (nSPS) is 20.6. The zero-order chi connectivity index (χ0) is 16.2. The van der Waals surface area contributed by atoms with Gasteiger partial charge in [0.2, 0.25) is 0 Å². The summed E-state index contributed by atoms with van der Waals surface area (Å²) in [5.41, 5.74) is 2.15. The van der Waals surface area contributed by atoms with Crippen LogP contribution in [-0.2, 0) is 11.3 Å². The van der Waals surface area contributed by atoms with Gasteiger partial charge in [0.25, 0.3) is 0 Å². The minimum absolute atomic E-state index is 0.0867. The fraction of sp³-hybridized carbons (Fsp3) is 0.529. The second kappa shape index (κ2) is 7.21. The molecule has 6 nitrogen and oxygen atoms in total. The van der Waals surface area contributed by atoms with Crippen molar-refractivity contribution < 1.29 is 9.84 Å². The van der Waals surface area contributed by atoms with Gasteiger partial charge in [0, 0.05) is 26.2 Å². The van der Waals surface area contributed by atoms with Crippen LogP contribution >= 0.6 is 0 Å². The second-order valence-electron chi connectivity index (χ2n) is 6.02. The molecule has 6 heteroatoms. The molecule has 23 heavy (non-hydrogen) atoms. The Morgan fingerprint density at radius 3 is 2.87 bits per heavy atom. The first kappa shape index (κ1) is 16.1. The van der Waals surface area contributed by atoms with Crippen molar-refractivity contribution in [3.8, 4) is 0 Å². The molecule has 0 saturated carbocycles. The highest BCUT2D eigenvalue weighted by molar-refractivity contribution is 5.23. The monoisotopic (exact) mass is 316 g/mol. The molecule has 1 fully saturated rings. The van der Waals surface area contributed by atoms with Crippen molar-refractivity contribution in [3.05, 3.63) is 47.5 Å². The van der Waals surface area contributed by atoms with Gasteiger partial charge in [0.1, 0.15) is 12.4 Å².